The van der Waals surface area contributed by atoms with Gasteiger partial charge in [-0.2, -0.15) is 0 Å². The van der Waals surface area contributed by atoms with Crippen LogP contribution in [-0.2, 0) is 6.42 Å². The first kappa shape index (κ1) is 15.8. The standard InChI is InChI=1S/C19H17NO4/c1-23-18-9-10-19(24-2)17-12-14(5-8-16(17)18)11-13-3-6-15(7-4-13)20(21)22/h3-10,12H,11H2,1-2H3. The number of nitro benzene ring substituents is 1. The fourth-order valence-corrected chi connectivity index (χ4v) is 2.78. The Morgan fingerprint density at radius 2 is 1.42 bits per heavy atom. The molecule has 3 aromatic rings. The molecular weight excluding hydrogens is 306 g/mol. The van der Waals surface area contributed by atoms with E-state index in [2.05, 4.69) is 6.07 Å². The van der Waals surface area contributed by atoms with Gasteiger partial charge in [-0.1, -0.05) is 24.3 Å². The highest BCUT2D eigenvalue weighted by Crippen LogP contribution is 2.34. The molecule has 122 valence electrons. The smallest absolute Gasteiger partial charge is 0.269 e. The second kappa shape index (κ2) is 6.58. The Balaban J connectivity index is 1.96. The van der Waals surface area contributed by atoms with Crippen LogP contribution in [0.25, 0.3) is 10.8 Å². The number of ether oxygens (including phenoxy) is 2. The molecule has 5 nitrogen and oxygen atoms in total. The highest BCUT2D eigenvalue weighted by atomic mass is 16.6. The summed E-state index contributed by atoms with van der Waals surface area (Å²) in [6, 6.07) is 16.5. The van der Waals surface area contributed by atoms with Crippen molar-refractivity contribution in [2.45, 2.75) is 6.42 Å². The molecular formula is C19H17NO4. The average molecular weight is 323 g/mol. The number of rotatable bonds is 5. The molecule has 0 aliphatic carbocycles. The number of methoxy groups -OCH3 is 2. The predicted octanol–water partition coefficient (Wildman–Crippen LogP) is 4.36. The maximum Gasteiger partial charge on any atom is 0.269 e. The Kier molecular flexibility index (Phi) is 4.33. The SMILES string of the molecule is COc1ccc(OC)c2cc(Cc3ccc([N+](=O)[O-])cc3)ccc12. The third-order valence-electron chi connectivity index (χ3n) is 4.00. The van der Waals surface area contributed by atoms with Crippen molar-refractivity contribution in [2.75, 3.05) is 14.2 Å². The number of non-ortho nitro benzene ring substituents is 1. The van der Waals surface area contributed by atoms with Gasteiger partial charge in [-0.15, -0.1) is 0 Å². The van der Waals surface area contributed by atoms with E-state index in [0.717, 1.165) is 33.4 Å². The first-order valence-corrected chi connectivity index (χ1v) is 7.49. The molecule has 0 atom stereocenters. The summed E-state index contributed by atoms with van der Waals surface area (Å²) in [6.45, 7) is 0. The van der Waals surface area contributed by atoms with Crippen LogP contribution in [0.4, 0.5) is 5.69 Å². The average Bonchev–Trinajstić information content (AvgIpc) is 2.61. The van der Waals surface area contributed by atoms with Gasteiger partial charge in [-0.3, -0.25) is 10.1 Å². The van der Waals surface area contributed by atoms with Crippen LogP contribution in [-0.4, -0.2) is 19.1 Å². The van der Waals surface area contributed by atoms with Gasteiger partial charge in [0.2, 0.25) is 0 Å². The van der Waals surface area contributed by atoms with Gasteiger partial charge in [0.15, 0.2) is 0 Å². The van der Waals surface area contributed by atoms with Crippen molar-refractivity contribution < 1.29 is 14.4 Å². The summed E-state index contributed by atoms with van der Waals surface area (Å²) < 4.78 is 10.8. The topological polar surface area (TPSA) is 61.6 Å². The molecule has 5 heteroatoms. The van der Waals surface area contributed by atoms with E-state index < -0.39 is 4.92 Å². The molecule has 0 aromatic heterocycles. The molecule has 0 amide bonds. The van der Waals surface area contributed by atoms with Gasteiger partial charge in [0, 0.05) is 22.9 Å². The Hall–Kier alpha value is -3.08. The number of benzene rings is 3. The lowest BCUT2D eigenvalue weighted by atomic mass is 10.00. The highest BCUT2D eigenvalue weighted by molar-refractivity contribution is 5.93. The van der Waals surface area contributed by atoms with Crippen LogP contribution in [0.2, 0.25) is 0 Å². The maximum atomic E-state index is 10.7. The van der Waals surface area contributed by atoms with E-state index in [1.165, 1.54) is 12.1 Å². The van der Waals surface area contributed by atoms with E-state index in [-0.39, 0.29) is 5.69 Å². The summed E-state index contributed by atoms with van der Waals surface area (Å²) in [5, 5.41) is 12.7. The summed E-state index contributed by atoms with van der Waals surface area (Å²) in [7, 11) is 3.29. The predicted molar refractivity (Wildman–Crippen MR) is 93.0 cm³/mol. The van der Waals surface area contributed by atoms with Crippen LogP contribution in [0, 0.1) is 10.1 Å². The largest absolute Gasteiger partial charge is 0.496 e. The molecule has 0 N–H and O–H groups in total. The third-order valence-corrected chi connectivity index (χ3v) is 4.00. The Labute approximate surface area is 139 Å². The van der Waals surface area contributed by atoms with Crippen LogP contribution in [0.1, 0.15) is 11.1 Å². The van der Waals surface area contributed by atoms with E-state index in [1.807, 2.05) is 24.3 Å². The lowest BCUT2D eigenvalue weighted by molar-refractivity contribution is -0.384. The van der Waals surface area contributed by atoms with Gasteiger partial charge in [-0.25, -0.2) is 0 Å². The number of hydrogen-bond donors (Lipinski definition) is 0. The number of fused-ring (bicyclic) bond motifs is 1. The zero-order valence-electron chi connectivity index (χ0n) is 13.5. The van der Waals surface area contributed by atoms with Crippen LogP contribution >= 0.6 is 0 Å². The number of hydrogen-bond acceptors (Lipinski definition) is 4. The van der Waals surface area contributed by atoms with E-state index >= 15 is 0 Å². The molecule has 0 aliphatic heterocycles. The lowest BCUT2D eigenvalue weighted by Crippen LogP contribution is -1.93. The Morgan fingerprint density at radius 3 is 2.00 bits per heavy atom. The lowest BCUT2D eigenvalue weighted by Gasteiger charge is -2.11. The fourth-order valence-electron chi connectivity index (χ4n) is 2.78. The van der Waals surface area contributed by atoms with E-state index in [9.17, 15) is 10.1 Å². The third kappa shape index (κ3) is 3.01. The second-order valence-electron chi connectivity index (χ2n) is 5.45. The quantitative estimate of drug-likeness (QED) is 0.517. The molecule has 0 saturated heterocycles. The molecule has 0 unspecified atom stereocenters. The zero-order valence-corrected chi connectivity index (χ0v) is 13.5. The van der Waals surface area contributed by atoms with Crippen molar-refractivity contribution in [1.82, 2.24) is 0 Å². The minimum absolute atomic E-state index is 0.101. The van der Waals surface area contributed by atoms with Crippen LogP contribution in [0.5, 0.6) is 11.5 Å². The molecule has 0 spiro atoms. The molecule has 3 rings (SSSR count). The minimum Gasteiger partial charge on any atom is -0.496 e. The summed E-state index contributed by atoms with van der Waals surface area (Å²) in [5.74, 6) is 1.59. The van der Waals surface area contributed by atoms with Gasteiger partial charge in [0.25, 0.3) is 5.69 Å². The second-order valence-corrected chi connectivity index (χ2v) is 5.45. The van der Waals surface area contributed by atoms with Gasteiger partial charge in [-0.05, 0) is 35.7 Å². The van der Waals surface area contributed by atoms with E-state index in [0.29, 0.717) is 6.42 Å². The fraction of sp³-hybridized carbons (Fsp3) is 0.158. The Morgan fingerprint density at radius 1 is 0.833 bits per heavy atom. The minimum atomic E-state index is -0.392. The molecule has 24 heavy (non-hydrogen) atoms. The van der Waals surface area contributed by atoms with Gasteiger partial charge >= 0.3 is 0 Å². The summed E-state index contributed by atoms with van der Waals surface area (Å²) >= 11 is 0. The van der Waals surface area contributed by atoms with E-state index in [1.54, 1.807) is 26.4 Å². The first-order valence-electron chi connectivity index (χ1n) is 7.49. The summed E-state index contributed by atoms with van der Waals surface area (Å²) in [4.78, 5) is 10.3. The van der Waals surface area contributed by atoms with Crippen LogP contribution in [0.15, 0.2) is 54.6 Å². The molecule has 0 aliphatic rings. The number of nitro groups is 1. The van der Waals surface area contributed by atoms with Crippen molar-refractivity contribution in [3.05, 3.63) is 75.8 Å². The van der Waals surface area contributed by atoms with Gasteiger partial charge in [0.05, 0.1) is 19.1 Å². The summed E-state index contributed by atoms with van der Waals surface area (Å²) in [5.41, 5.74) is 2.22. The molecule has 0 saturated carbocycles. The maximum absolute atomic E-state index is 10.7. The van der Waals surface area contributed by atoms with Crippen molar-refractivity contribution in [3.8, 4) is 11.5 Å². The van der Waals surface area contributed by atoms with Crippen molar-refractivity contribution >= 4 is 16.5 Å². The van der Waals surface area contributed by atoms with Gasteiger partial charge in [0.1, 0.15) is 11.5 Å². The summed E-state index contributed by atoms with van der Waals surface area (Å²) in [6.07, 6.45) is 0.689. The van der Waals surface area contributed by atoms with Crippen molar-refractivity contribution in [3.63, 3.8) is 0 Å². The number of nitrogens with zero attached hydrogens (tertiary/aromatic N) is 1. The van der Waals surface area contributed by atoms with E-state index in [4.69, 9.17) is 9.47 Å². The molecule has 0 radical (unpaired) electrons. The van der Waals surface area contributed by atoms with Crippen LogP contribution in [0.3, 0.4) is 0 Å². The van der Waals surface area contributed by atoms with Crippen LogP contribution < -0.4 is 9.47 Å². The molecule has 0 heterocycles. The van der Waals surface area contributed by atoms with Crippen molar-refractivity contribution in [2.24, 2.45) is 0 Å². The normalized spacial score (nSPS) is 10.6. The monoisotopic (exact) mass is 323 g/mol. The van der Waals surface area contributed by atoms with Gasteiger partial charge < -0.3 is 9.47 Å². The molecule has 0 fully saturated rings. The Bertz CT molecular complexity index is 888. The molecule has 0 bridgehead atoms. The highest BCUT2D eigenvalue weighted by Gasteiger charge is 2.09. The zero-order chi connectivity index (χ0) is 17.1. The molecule has 3 aromatic carbocycles. The first-order chi connectivity index (χ1) is 11.6. The van der Waals surface area contributed by atoms with Crippen molar-refractivity contribution in [1.29, 1.82) is 0 Å².